The van der Waals surface area contributed by atoms with Gasteiger partial charge in [0.2, 0.25) is 0 Å². The molecule has 3 rings (SSSR count). The Kier molecular flexibility index (Phi) is 7.22. The molecule has 2 aromatic heterocycles. The zero-order valence-electron chi connectivity index (χ0n) is 18.1. The Morgan fingerprint density at radius 3 is 2.48 bits per heavy atom. The fraction of sp³-hybridized carbons (Fsp3) is 0.391. The van der Waals surface area contributed by atoms with Gasteiger partial charge < -0.3 is 9.47 Å². The molecule has 0 saturated heterocycles. The monoisotopic (exact) mass is 442 g/mol. The third kappa shape index (κ3) is 5.19. The second-order valence-corrected chi connectivity index (χ2v) is 8.74. The lowest BCUT2D eigenvalue weighted by atomic mass is 10.1. The number of aryl methyl sites for hydroxylation is 1. The molecule has 2 heterocycles. The first-order valence-corrected chi connectivity index (χ1v) is 11.0. The van der Waals surface area contributed by atoms with E-state index in [1.54, 1.807) is 31.2 Å². The van der Waals surface area contributed by atoms with E-state index in [4.69, 9.17) is 9.47 Å². The predicted octanol–water partition coefficient (Wildman–Crippen LogP) is 4.19. The van der Waals surface area contributed by atoms with E-state index in [9.17, 15) is 14.4 Å². The van der Waals surface area contributed by atoms with Crippen LogP contribution in [-0.2, 0) is 16.0 Å². The van der Waals surface area contributed by atoms with Crippen molar-refractivity contribution in [3.63, 3.8) is 0 Å². The number of rotatable bonds is 8. The van der Waals surface area contributed by atoms with Crippen molar-refractivity contribution in [2.45, 2.75) is 40.7 Å². The summed E-state index contributed by atoms with van der Waals surface area (Å²) in [6.07, 6.45) is 2.24. The lowest BCUT2D eigenvalue weighted by molar-refractivity contribution is 0.0462. The molecule has 31 heavy (non-hydrogen) atoms. The van der Waals surface area contributed by atoms with Crippen LogP contribution < -0.4 is 5.56 Å². The van der Waals surface area contributed by atoms with E-state index in [2.05, 4.69) is 4.98 Å². The van der Waals surface area contributed by atoms with Gasteiger partial charge in [0, 0.05) is 0 Å². The van der Waals surface area contributed by atoms with Gasteiger partial charge in [0.25, 0.3) is 5.56 Å². The number of fused-ring (bicyclic) bond motifs is 1. The summed E-state index contributed by atoms with van der Waals surface area (Å²) in [4.78, 5) is 42.7. The smallest absolute Gasteiger partial charge is 0.348 e. The molecule has 0 saturated carbocycles. The summed E-state index contributed by atoms with van der Waals surface area (Å²) in [5.74, 6) is -0.556. The van der Waals surface area contributed by atoms with Crippen LogP contribution in [-0.4, -0.2) is 34.7 Å². The first kappa shape index (κ1) is 22.7. The van der Waals surface area contributed by atoms with Crippen LogP contribution in [0.4, 0.5) is 0 Å². The van der Waals surface area contributed by atoms with Crippen molar-refractivity contribution in [3.8, 4) is 0 Å². The molecular weight excluding hydrogens is 416 g/mol. The van der Waals surface area contributed by atoms with Crippen LogP contribution in [0.15, 0.2) is 35.4 Å². The number of hydrogen-bond donors (Lipinski definition) is 0. The van der Waals surface area contributed by atoms with Gasteiger partial charge in [-0.25, -0.2) is 14.6 Å². The minimum absolute atomic E-state index is 0.215. The number of nitrogens with zero attached hydrogens (tertiary/aromatic N) is 2. The molecule has 1 aromatic carbocycles. The van der Waals surface area contributed by atoms with E-state index < -0.39 is 5.97 Å². The van der Waals surface area contributed by atoms with Crippen molar-refractivity contribution in [2.24, 2.45) is 5.92 Å². The molecular formula is C23H26N2O5S. The van der Waals surface area contributed by atoms with Crippen molar-refractivity contribution in [1.82, 2.24) is 9.55 Å². The normalized spacial score (nSPS) is 11.1. The number of esters is 2. The first-order valence-electron chi connectivity index (χ1n) is 10.2. The maximum atomic E-state index is 13.1. The highest BCUT2D eigenvalue weighted by atomic mass is 32.1. The van der Waals surface area contributed by atoms with Gasteiger partial charge in [-0.15, -0.1) is 11.3 Å². The summed E-state index contributed by atoms with van der Waals surface area (Å²) in [5.41, 5.74) is 1.69. The Morgan fingerprint density at radius 1 is 1.13 bits per heavy atom. The van der Waals surface area contributed by atoms with Gasteiger partial charge in [-0.2, -0.15) is 0 Å². The highest BCUT2D eigenvalue weighted by molar-refractivity contribution is 7.20. The summed E-state index contributed by atoms with van der Waals surface area (Å²) < 4.78 is 11.9. The number of aromatic nitrogens is 2. The highest BCUT2D eigenvalue weighted by Gasteiger charge is 2.21. The van der Waals surface area contributed by atoms with E-state index >= 15 is 0 Å². The maximum absolute atomic E-state index is 13.1. The molecule has 0 amide bonds. The first-order chi connectivity index (χ1) is 14.8. The van der Waals surface area contributed by atoms with Gasteiger partial charge in [0.15, 0.2) is 0 Å². The van der Waals surface area contributed by atoms with E-state index in [1.165, 1.54) is 22.2 Å². The number of carbonyl (C=O) groups excluding carboxylic acids is 2. The van der Waals surface area contributed by atoms with Crippen LogP contribution in [0.5, 0.6) is 0 Å². The molecule has 0 bridgehead atoms. The SMILES string of the molecule is CCCOC(=O)c1ccc(Cn2cnc3sc(C(=O)OCC(C)C)c(C)c3c2=O)cc1. The molecule has 7 nitrogen and oxygen atoms in total. The van der Waals surface area contributed by atoms with Gasteiger partial charge in [-0.3, -0.25) is 9.36 Å². The van der Waals surface area contributed by atoms with Gasteiger partial charge in [-0.05, 0) is 42.5 Å². The lowest BCUT2D eigenvalue weighted by Gasteiger charge is -2.07. The average molecular weight is 443 g/mol. The third-order valence-electron chi connectivity index (χ3n) is 4.63. The predicted molar refractivity (Wildman–Crippen MR) is 120 cm³/mol. The van der Waals surface area contributed by atoms with Gasteiger partial charge in [0.05, 0.1) is 37.0 Å². The van der Waals surface area contributed by atoms with Crippen molar-refractivity contribution < 1.29 is 19.1 Å². The summed E-state index contributed by atoms with van der Waals surface area (Å²) in [7, 11) is 0. The molecule has 0 aliphatic carbocycles. The standard InChI is InChI=1S/C23H26N2O5S/c1-5-10-29-22(27)17-8-6-16(7-9-17)11-25-13-24-20-18(21(25)26)15(4)19(31-20)23(28)30-12-14(2)3/h6-9,13-14H,5,10-12H2,1-4H3. The van der Waals surface area contributed by atoms with Gasteiger partial charge >= 0.3 is 11.9 Å². The molecule has 0 atom stereocenters. The molecule has 8 heteroatoms. The molecule has 0 aliphatic heterocycles. The Hall–Kier alpha value is -3.00. The van der Waals surface area contributed by atoms with E-state index in [0.29, 0.717) is 46.0 Å². The fourth-order valence-electron chi connectivity index (χ4n) is 3.00. The zero-order chi connectivity index (χ0) is 22.5. The number of ether oxygens (including phenoxy) is 2. The van der Waals surface area contributed by atoms with Crippen molar-refractivity contribution in [1.29, 1.82) is 0 Å². The molecule has 0 fully saturated rings. The number of benzene rings is 1. The minimum atomic E-state index is -0.425. The fourth-order valence-corrected chi connectivity index (χ4v) is 4.03. The summed E-state index contributed by atoms with van der Waals surface area (Å²) in [6, 6.07) is 6.94. The van der Waals surface area contributed by atoms with Crippen LogP contribution in [0, 0.1) is 12.8 Å². The van der Waals surface area contributed by atoms with Crippen LogP contribution in [0.3, 0.4) is 0 Å². The largest absolute Gasteiger partial charge is 0.462 e. The second-order valence-electron chi connectivity index (χ2n) is 7.74. The molecule has 0 radical (unpaired) electrons. The Balaban J connectivity index is 1.83. The zero-order valence-corrected chi connectivity index (χ0v) is 19.0. The van der Waals surface area contributed by atoms with E-state index in [1.807, 2.05) is 20.8 Å². The van der Waals surface area contributed by atoms with Crippen molar-refractivity contribution >= 4 is 33.5 Å². The Bertz CT molecular complexity index is 1150. The van der Waals surface area contributed by atoms with Crippen LogP contribution in [0.1, 0.15) is 58.3 Å². The van der Waals surface area contributed by atoms with Gasteiger partial charge in [-0.1, -0.05) is 32.9 Å². The van der Waals surface area contributed by atoms with Crippen LogP contribution in [0.25, 0.3) is 10.2 Å². The summed E-state index contributed by atoms with van der Waals surface area (Å²) >= 11 is 1.17. The van der Waals surface area contributed by atoms with E-state index in [0.717, 1.165) is 12.0 Å². The van der Waals surface area contributed by atoms with Gasteiger partial charge in [0.1, 0.15) is 9.71 Å². The van der Waals surface area contributed by atoms with Crippen molar-refractivity contribution in [2.75, 3.05) is 13.2 Å². The molecule has 164 valence electrons. The molecule has 0 spiro atoms. The molecule has 0 N–H and O–H groups in total. The number of thiophene rings is 1. The van der Waals surface area contributed by atoms with Crippen molar-refractivity contribution in [3.05, 3.63) is 62.5 Å². The third-order valence-corrected chi connectivity index (χ3v) is 5.81. The molecule has 0 aliphatic rings. The Labute approximate surface area is 184 Å². The summed E-state index contributed by atoms with van der Waals surface area (Å²) in [6.45, 7) is 8.62. The molecule has 3 aromatic rings. The topological polar surface area (TPSA) is 87.5 Å². The quantitative estimate of drug-likeness (QED) is 0.486. The Morgan fingerprint density at radius 2 is 1.84 bits per heavy atom. The highest BCUT2D eigenvalue weighted by Crippen LogP contribution is 2.27. The van der Waals surface area contributed by atoms with Crippen LogP contribution in [0.2, 0.25) is 0 Å². The lowest BCUT2D eigenvalue weighted by Crippen LogP contribution is -2.21. The van der Waals surface area contributed by atoms with Crippen LogP contribution >= 0.6 is 11.3 Å². The average Bonchev–Trinajstić information content (AvgIpc) is 3.10. The maximum Gasteiger partial charge on any atom is 0.348 e. The number of carbonyl (C=O) groups is 2. The van der Waals surface area contributed by atoms with E-state index in [-0.39, 0.29) is 17.4 Å². The number of hydrogen-bond acceptors (Lipinski definition) is 7. The summed E-state index contributed by atoms with van der Waals surface area (Å²) in [5, 5.41) is 0.434. The minimum Gasteiger partial charge on any atom is -0.462 e. The molecule has 0 unspecified atom stereocenters. The second kappa shape index (κ2) is 9.87.